The van der Waals surface area contributed by atoms with E-state index in [0.717, 1.165) is 29.5 Å². The summed E-state index contributed by atoms with van der Waals surface area (Å²) in [7, 11) is 1.81. The van der Waals surface area contributed by atoms with Crippen LogP contribution < -0.4 is 15.8 Å². The van der Waals surface area contributed by atoms with Crippen LogP contribution in [0.25, 0.3) is 0 Å². The molecule has 2 aromatic heterocycles. The van der Waals surface area contributed by atoms with Gasteiger partial charge < -0.3 is 10.2 Å². The van der Waals surface area contributed by atoms with Gasteiger partial charge in [0.1, 0.15) is 10.7 Å². The van der Waals surface area contributed by atoms with Gasteiger partial charge in [-0.25, -0.2) is 4.68 Å². The average Bonchev–Trinajstić information content (AvgIpc) is 2.97. The highest BCUT2D eigenvalue weighted by Crippen LogP contribution is 2.18. The normalized spacial score (nSPS) is 15.2. The van der Waals surface area contributed by atoms with Gasteiger partial charge in [-0.15, -0.1) is 5.10 Å². The molecule has 0 unspecified atom stereocenters. The Morgan fingerprint density at radius 1 is 1.33 bits per heavy atom. The van der Waals surface area contributed by atoms with E-state index in [1.165, 1.54) is 35.5 Å². The van der Waals surface area contributed by atoms with Crippen LogP contribution in [0.1, 0.15) is 25.0 Å². The molecule has 0 atom stereocenters. The molecule has 2 aromatic rings. The summed E-state index contributed by atoms with van der Waals surface area (Å²) in [6.07, 6.45) is 5.40. The van der Waals surface area contributed by atoms with Gasteiger partial charge in [-0.2, -0.15) is 5.10 Å². The van der Waals surface area contributed by atoms with Gasteiger partial charge in [0, 0.05) is 37.7 Å². The predicted octanol–water partition coefficient (Wildman–Crippen LogP) is 1.18. The van der Waals surface area contributed by atoms with Gasteiger partial charge in [0.25, 0.3) is 5.56 Å². The Labute approximate surface area is 126 Å². The first-order chi connectivity index (χ1) is 10.3. The number of hydrogen-bond donors (Lipinski definition) is 1. The minimum absolute atomic E-state index is 0.104. The number of aromatic nitrogens is 4. The molecule has 0 bridgehead atoms. The zero-order valence-corrected chi connectivity index (χ0v) is 12.8. The molecular weight excluding hydrogens is 288 g/mol. The molecule has 7 nitrogen and oxygen atoms in total. The minimum Gasteiger partial charge on any atom is -0.377 e. The van der Waals surface area contributed by atoms with Crippen molar-refractivity contribution < 1.29 is 0 Å². The van der Waals surface area contributed by atoms with Gasteiger partial charge in [-0.3, -0.25) is 4.79 Å². The molecule has 1 aliphatic rings. The van der Waals surface area contributed by atoms with Crippen molar-refractivity contribution >= 4 is 22.2 Å². The van der Waals surface area contributed by atoms with E-state index in [2.05, 4.69) is 24.9 Å². The lowest BCUT2D eigenvalue weighted by Gasteiger charge is -2.28. The van der Waals surface area contributed by atoms with Crippen molar-refractivity contribution in [1.82, 2.24) is 19.4 Å². The Balaban J connectivity index is 1.79. The third-order valence-corrected chi connectivity index (χ3v) is 4.44. The minimum atomic E-state index is -0.104. The van der Waals surface area contributed by atoms with Crippen LogP contribution >= 0.6 is 11.5 Å². The summed E-state index contributed by atoms with van der Waals surface area (Å²) in [5.74, 6) is 0. The van der Waals surface area contributed by atoms with E-state index < -0.39 is 0 Å². The highest BCUT2D eigenvalue weighted by atomic mass is 32.1. The molecular formula is C13H18N6OS. The quantitative estimate of drug-likeness (QED) is 0.914. The zero-order chi connectivity index (χ0) is 14.7. The Morgan fingerprint density at radius 3 is 2.86 bits per heavy atom. The summed E-state index contributed by atoms with van der Waals surface area (Å²) in [5, 5.41) is 12.2. The zero-order valence-electron chi connectivity index (χ0n) is 11.9. The summed E-state index contributed by atoms with van der Waals surface area (Å²) >= 11 is 1.28. The van der Waals surface area contributed by atoms with E-state index in [-0.39, 0.29) is 5.56 Å². The van der Waals surface area contributed by atoms with Crippen LogP contribution in [0.2, 0.25) is 0 Å². The molecule has 1 fully saturated rings. The van der Waals surface area contributed by atoms with Crippen LogP contribution in [0, 0.1) is 0 Å². The third kappa shape index (κ3) is 3.05. The van der Waals surface area contributed by atoms with Gasteiger partial charge in [-0.1, -0.05) is 4.49 Å². The second kappa shape index (κ2) is 6.21. The first kappa shape index (κ1) is 14.0. The van der Waals surface area contributed by atoms with Crippen molar-refractivity contribution in [2.45, 2.75) is 25.8 Å². The molecule has 1 aliphatic heterocycles. The lowest BCUT2D eigenvalue weighted by atomic mass is 10.1. The Kier molecular flexibility index (Phi) is 4.14. The number of anilines is 2. The van der Waals surface area contributed by atoms with Gasteiger partial charge >= 0.3 is 0 Å². The summed E-state index contributed by atoms with van der Waals surface area (Å²) in [6, 6.07) is 1.66. The smallest absolute Gasteiger partial charge is 0.269 e. The maximum absolute atomic E-state index is 12.2. The van der Waals surface area contributed by atoms with Crippen molar-refractivity contribution in [3.63, 3.8) is 0 Å². The Morgan fingerprint density at radius 2 is 2.14 bits per heavy atom. The number of rotatable bonds is 4. The highest BCUT2D eigenvalue weighted by molar-refractivity contribution is 7.10. The Bertz CT molecular complexity index is 661. The van der Waals surface area contributed by atoms with Gasteiger partial charge in [0.15, 0.2) is 0 Å². The van der Waals surface area contributed by atoms with Crippen molar-refractivity contribution in [3.8, 4) is 0 Å². The van der Waals surface area contributed by atoms with Crippen molar-refractivity contribution in [2.75, 3.05) is 30.4 Å². The monoisotopic (exact) mass is 306 g/mol. The summed E-state index contributed by atoms with van der Waals surface area (Å²) in [5.41, 5.74) is 1.55. The third-order valence-electron chi connectivity index (χ3n) is 3.66. The largest absolute Gasteiger partial charge is 0.377 e. The molecule has 0 aliphatic carbocycles. The van der Waals surface area contributed by atoms with E-state index in [4.69, 9.17) is 0 Å². The average molecular weight is 306 g/mol. The molecule has 1 saturated heterocycles. The van der Waals surface area contributed by atoms with Gasteiger partial charge in [0.05, 0.1) is 18.4 Å². The lowest BCUT2D eigenvalue weighted by molar-refractivity contribution is 0.570. The van der Waals surface area contributed by atoms with Crippen LogP contribution in [0.5, 0.6) is 0 Å². The molecule has 3 rings (SSSR count). The summed E-state index contributed by atoms with van der Waals surface area (Å²) in [6.45, 7) is 2.35. The van der Waals surface area contributed by atoms with Crippen LogP contribution in [-0.2, 0) is 6.54 Å². The molecule has 21 heavy (non-hydrogen) atoms. The topological polar surface area (TPSA) is 75.9 Å². The molecule has 0 radical (unpaired) electrons. The van der Waals surface area contributed by atoms with E-state index >= 15 is 0 Å². The number of nitrogens with one attached hydrogen (secondary N) is 1. The molecule has 112 valence electrons. The number of hydrogen-bond acceptors (Lipinski definition) is 7. The predicted molar refractivity (Wildman–Crippen MR) is 83.1 cm³/mol. The van der Waals surface area contributed by atoms with E-state index in [0.29, 0.717) is 6.54 Å². The standard InChI is InChI=1S/C13H18N6OS/c1-14-13-11(16-17-21-13)9-19-12(20)7-10(8-15-19)18-5-3-2-4-6-18/h7-8,14H,2-6,9H2,1H3. The molecule has 0 saturated carbocycles. The van der Waals surface area contributed by atoms with Crippen LogP contribution in [0.15, 0.2) is 17.1 Å². The van der Waals surface area contributed by atoms with E-state index in [9.17, 15) is 4.79 Å². The van der Waals surface area contributed by atoms with Crippen molar-refractivity contribution in [3.05, 3.63) is 28.3 Å². The maximum atomic E-state index is 12.2. The highest BCUT2D eigenvalue weighted by Gasteiger charge is 2.14. The number of nitrogens with zero attached hydrogens (tertiary/aromatic N) is 5. The fourth-order valence-corrected chi connectivity index (χ4v) is 3.03. The van der Waals surface area contributed by atoms with E-state index in [1.807, 2.05) is 7.05 Å². The van der Waals surface area contributed by atoms with Crippen LogP contribution in [0.3, 0.4) is 0 Å². The molecule has 8 heteroatoms. The molecule has 3 heterocycles. The molecule has 0 spiro atoms. The first-order valence-electron chi connectivity index (χ1n) is 7.09. The molecule has 1 N–H and O–H groups in total. The molecule has 0 aromatic carbocycles. The van der Waals surface area contributed by atoms with Crippen molar-refractivity contribution in [2.24, 2.45) is 0 Å². The second-order valence-electron chi connectivity index (χ2n) is 5.06. The first-order valence-corrected chi connectivity index (χ1v) is 7.86. The van der Waals surface area contributed by atoms with E-state index in [1.54, 1.807) is 12.3 Å². The maximum Gasteiger partial charge on any atom is 0.269 e. The second-order valence-corrected chi connectivity index (χ2v) is 5.81. The van der Waals surface area contributed by atoms with Gasteiger partial charge in [0.2, 0.25) is 0 Å². The SMILES string of the molecule is CNc1snnc1Cn1ncc(N2CCCCC2)cc1=O. The van der Waals surface area contributed by atoms with Crippen LogP contribution in [-0.4, -0.2) is 39.5 Å². The fourth-order valence-electron chi connectivity index (χ4n) is 2.51. The number of piperidine rings is 1. The summed E-state index contributed by atoms with van der Waals surface area (Å²) in [4.78, 5) is 14.4. The van der Waals surface area contributed by atoms with Gasteiger partial charge in [-0.05, 0) is 19.3 Å². The Hall–Kier alpha value is -1.96. The van der Waals surface area contributed by atoms with Crippen LogP contribution in [0.4, 0.5) is 10.7 Å². The van der Waals surface area contributed by atoms with Crippen molar-refractivity contribution in [1.29, 1.82) is 0 Å². The fraction of sp³-hybridized carbons (Fsp3) is 0.538. The summed E-state index contributed by atoms with van der Waals surface area (Å²) < 4.78 is 5.31. The lowest BCUT2D eigenvalue weighted by Crippen LogP contribution is -2.32. The molecule has 0 amide bonds.